The lowest BCUT2D eigenvalue weighted by atomic mass is 10.2. The summed E-state index contributed by atoms with van der Waals surface area (Å²) < 4.78 is 17.8. The van der Waals surface area contributed by atoms with E-state index in [-0.39, 0.29) is 0 Å². The lowest BCUT2D eigenvalue weighted by Gasteiger charge is -2.07. The molecule has 1 unspecified atom stereocenters. The van der Waals surface area contributed by atoms with E-state index in [0.717, 1.165) is 6.54 Å². The molecule has 0 fully saturated rings. The number of hydrogen-bond donors (Lipinski definition) is 1. The van der Waals surface area contributed by atoms with Gasteiger partial charge in [0.2, 0.25) is 0 Å². The van der Waals surface area contributed by atoms with Crippen LogP contribution in [-0.2, 0) is 9.92 Å². The van der Waals surface area contributed by atoms with Gasteiger partial charge in [0.15, 0.2) is 0 Å². The zero-order chi connectivity index (χ0) is 8.20. The van der Waals surface area contributed by atoms with Crippen molar-refractivity contribution in [2.24, 2.45) is 10.3 Å². The van der Waals surface area contributed by atoms with Gasteiger partial charge in [-0.25, -0.2) is 13.3 Å². The van der Waals surface area contributed by atoms with Gasteiger partial charge in [-0.2, -0.15) is 0 Å². The molecule has 1 N–H and O–H groups in total. The smallest absolute Gasteiger partial charge is 0.104 e. The summed E-state index contributed by atoms with van der Waals surface area (Å²) in [5.74, 6) is 0.516. The third-order valence-electron chi connectivity index (χ3n) is 1.11. The highest BCUT2D eigenvalue weighted by Crippen LogP contribution is 1.90. The highest BCUT2D eigenvalue weighted by Gasteiger charge is 1.98. The molecule has 0 aromatic carbocycles. The van der Waals surface area contributed by atoms with Gasteiger partial charge in [-0.05, 0) is 5.92 Å². The Morgan fingerprint density at radius 2 is 2.10 bits per heavy atom. The molecule has 0 aromatic rings. The van der Waals surface area contributed by atoms with E-state index in [1.165, 1.54) is 0 Å². The molecule has 0 heterocycles. The molecule has 0 spiro atoms. The van der Waals surface area contributed by atoms with Gasteiger partial charge in [0.1, 0.15) is 9.92 Å². The van der Waals surface area contributed by atoms with Crippen molar-refractivity contribution >= 4 is 9.92 Å². The summed E-state index contributed by atoms with van der Waals surface area (Å²) >= 11 is 0. The van der Waals surface area contributed by atoms with Crippen molar-refractivity contribution in [2.75, 3.05) is 19.8 Å². The Bertz CT molecular complexity index is 192. The van der Waals surface area contributed by atoms with Crippen LogP contribution in [0.25, 0.3) is 0 Å². The molecular weight excluding hydrogens is 148 g/mol. The summed E-state index contributed by atoms with van der Waals surface area (Å²) in [5, 5.41) is 0. The lowest BCUT2D eigenvalue weighted by Crippen LogP contribution is -2.25. The van der Waals surface area contributed by atoms with Crippen LogP contribution in [0.1, 0.15) is 13.8 Å². The second-order valence-electron chi connectivity index (χ2n) is 2.73. The van der Waals surface area contributed by atoms with Crippen LogP contribution in [0.2, 0.25) is 0 Å². The molecule has 0 aromatic heterocycles. The van der Waals surface area contributed by atoms with E-state index >= 15 is 0 Å². The Labute approximate surface area is 63.5 Å². The summed E-state index contributed by atoms with van der Waals surface area (Å²) in [4.78, 5) is 0. The zero-order valence-corrected chi connectivity index (χ0v) is 7.86. The molecule has 1 atom stereocenters. The molecular formula is C6H16N2OS. The van der Waals surface area contributed by atoms with Crippen molar-refractivity contribution in [3.8, 4) is 0 Å². The Morgan fingerprint density at radius 3 is 2.40 bits per heavy atom. The van der Waals surface area contributed by atoms with Crippen LogP contribution in [0.3, 0.4) is 0 Å². The van der Waals surface area contributed by atoms with Crippen LogP contribution < -0.4 is 4.72 Å². The van der Waals surface area contributed by atoms with Crippen molar-refractivity contribution < 1.29 is 4.21 Å². The van der Waals surface area contributed by atoms with E-state index in [2.05, 4.69) is 22.9 Å². The van der Waals surface area contributed by atoms with Crippen molar-refractivity contribution in [3.05, 3.63) is 0 Å². The van der Waals surface area contributed by atoms with Crippen LogP contribution in [0.5, 0.6) is 0 Å². The second kappa shape index (κ2) is 3.93. The largest absolute Gasteiger partial charge is 0.234 e. The van der Waals surface area contributed by atoms with E-state index in [1.807, 2.05) is 0 Å². The zero-order valence-electron chi connectivity index (χ0n) is 7.05. The molecule has 10 heavy (non-hydrogen) atoms. The predicted octanol–water partition coefficient (Wildman–Crippen LogP) is 0.875. The SMILES string of the molecule is CN=S(C)(=O)NCC(C)C. The fraction of sp³-hybridized carbons (Fsp3) is 1.00. The first-order chi connectivity index (χ1) is 4.48. The first kappa shape index (κ1) is 9.91. The van der Waals surface area contributed by atoms with Gasteiger partial charge in [-0.3, -0.25) is 0 Å². The Morgan fingerprint density at radius 1 is 1.60 bits per heavy atom. The molecule has 0 bridgehead atoms. The highest BCUT2D eigenvalue weighted by molar-refractivity contribution is 7.91. The normalized spacial score (nSPS) is 16.9. The second-order valence-corrected chi connectivity index (χ2v) is 4.99. The number of rotatable bonds is 3. The first-order valence-corrected chi connectivity index (χ1v) is 5.25. The minimum atomic E-state index is -2.09. The fourth-order valence-electron chi connectivity index (χ4n) is 0.386. The minimum absolute atomic E-state index is 0.516. The Kier molecular flexibility index (Phi) is 3.89. The number of nitrogens with one attached hydrogen (secondary N) is 1. The van der Waals surface area contributed by atoms with Crippen LogP contribution >= 0.6 is 0 Å². The van der Waals surface area contributed by atoms with Gasteiger partial charge in [0.05, 0.1) is 0 Å². The quantitative estimate of drug-likeness (QED) is 0.661. The molecule has 0 rings (SSSR count). The predicted molar refractivity (Wildman–Crippen MR) is 45.3 cm³/mol. The van der Waals surface area contributed by atoms with Gasteiger partial charge in [0.25, 0.3) is 0 Å². The molecule has 0 aliphatic carbocycles. The van der Waals surface area contributed by atoms with Crippen molar-refractivity contribution in [2.45, 2.75) is 13.8 Å². The maximum absolute atomic E-state index is 11.2. The molecule has 0 saturated carbocycles. The summed E-state index contributed by atoms with van der Waals surface area (Å²) in [5.41, 5.74) is 0. The Balaban J connectivity index is 3.82. The fourth-order valence-corrected chi connectivity index (χ4v) is 1.16. The molecule has 0 radical (unpaired) electrons. The van der Waals surface area contributed by atoms with E-state index in [4.69, 9.17) is 0 Å². The number of nitrogens with zero attached hydrogens (tertiary/aromatic N) is 1. The Hall–Kier alpha value is -0.0900. The molecule has 62 valence electrons. The molecule has 4 heteroatoms. The van der Waals surface area contributed by atoms with Crippen LogP contribution in [-0.4, -0.2) is 24.1 Å². The average molecular weight is 164 g/mol. The van der Waals surface area contributed by atoms with E-state index in [0.29, 0.717) is 5.92 Å². The van der Waals surface area contributed by atoms with Crippen LogP contribution in [0.15, 0.2) is 4.36 Å². The van der Waals surface area contributed by atoms with Crippen molar-refractivity contribution in [1.82, 2.24) is 4.72 Å². The third-order valence-corrected chi connectivity index (χ3v) is 2.51. The van der Waals surface area contributed by atoms with Gasteiger partial charge in [-0.15, -0.1) is 0 Å². The number of hydrogen-bond acceptors (Lipinski definition) is 2. The summed E-state index contributed by atoms with van der Waals surface area (Å²) in [6.45, 7) is 4.89. The maximum atomic E-state index is 11.2. The topological polar surface area (TPSA) is 41.5 Å². The van der Waals surface area contributed by atoms with Gasteiger partial charge < -0.3 is 0 Å². The molecule has 0 aliphatic rings. The van der Waals surface area contributed by atoms with Crippen molar-refractivity contribution in [3.63, 3.8) is 0 Å². The maximum Gasteiger partial charge on any atom is 0.104 e. The van der Waals surface area contributed by atoms with Crippen LogP contribution in [0, 0.1) is 5.92 Å². The molecule has 0 aliphatic heterocycles. The summed E-state index contributed by atoms with van der Waals surface area (Å²) in [6, 6.07) is 0. The van der Waals surface area contributed by atoms with Crippen molar-refractivity contribution in [1.29, 1.82) is 0 Å². The van der Waals surface area contributed by atoms with Gasteiger partial charge >= 0.3 is 0 Å². The molecule has 0 saturated heterocycles. The van der Waals surface area contributed by atoms with Gasteiger partial charge in [0, 0.05) is 19.8 Å². The average Bonchev–Trinajstić information content (AvgIpc) is 1.85. The summed E-state index contributed by atoms with van der Waals surface area (Å²) in [6.07, 6.45) is 1.61. The molecule has 3 nitrogen and oxygen atoms in total. The minimum Gasteiger partial charge on any atom is -0.234 e. The van der Waals surface area contributed by atoms with Crippen LogP contribution in [0.4, 0.5) is 0 Å². The van der Waals surface area contributed by atoms with E-state index in [9.17, 15) is 4.21 Å². The third kappa shape index (κ3) is 4.76. The first-order valence-electron chi connectivity index (χ1n) is 3.33. The highest BCUT2D eigenvalue weighted by atomic mass is 32.2. The van der Waals surface area contributed by atoms with Gasteiger partial charge in [-0.1, -0.05) is 13.8 Å². The van der Waals surface area contributed by atoms with E-state index < -0.39 is 9.92 Å². The standard InChI is InChI=1S/C6H16N2OS/c1-6(2)5-8-10(4,9)7-3/h6H,5H2,1-4H3,(H,7,8,9). The molecule has 0 amide bonds. The summed E-state index contributed by atoms with van der Waals surface area (Å²) in [7, 11) is -0.524. The monoisotopic (exact) mass is 164 g/mol. The lowest BCUT2D eigenvalue weighted by molar-refractivity contribution is 0.614. The van der Waals surface area contributed by atoms with E-state index in [1.54, 1.807) is 13.3 Å².